The lowest BCUT2D eigenvalue weighted by atomic mass is 10.1. The van der Waals surface area contributed by atoms with Crippen LogP contribution >= 0.6 is 23.2 Å². The highest BCUT2D eigenvalue weighted by molar-refractivity contribution is 6.53. The van der Waals surface area contributed by atoms with Crippen molar-refractivity contribution in [2.45, 2.75) is 30.6 Å². The molecule has 0 spiro atoms. The number of carbonyl (C=O) groups is 1. The highest BCUT2D eigenvalue weighted by atomic mass is 35.5. The van der Waals surface area contributed by atoms with E-state index in [2.05, 4.69) is 5.32 Å². The fraction of sp³-hybridized carbons (Fsp3) is 0.462. The first-order chi connectivity index (χ1) is 7.87. The van der Waals surface area contributed by atoms with Crippen LogP contribution < -0.4 is 5.32 Å². The van der Waals surface area contributed by atoms with Crippen molar-refractivity contribution in [1.29, 1.82) is 0 Å². The Bertz CT molecular complexity index is 432. The Kier molecular flexibility index (Phi) is 3.13. The molecule has 2 rings (SSSR count). The van der Waals surface area contributed by atoms with Gasteiger partial charge in [-0.05, 0) is 25.8 Å². The molecule has 2 atom stereocenters. The van der Waals surface area contributed by atoms with E-state index in [0.29, 0.717) is 6.42 Å². The Labute approximate surface area is 111 Å². The second kappa shape index (κ2) is 4.18. The molecule has 1 amide bonds. The molecule has 0 unspecified atom stereocenters. The van der Waals surface area contributed by atoms with Gasteiger partial charge < -0.3 is 5.32 Å². The first kappa shape index (κ1) is 12.7. The third-order valence-corrected chi connectivity index (χ3v) is 4.51. The Morgan fingerprint density at radius 1 is 1.35 bits per heavy atom. The summed E-state index contributed by atoms with van der Waals surface area (Å²) in [7, 11) is 0. The van der Waals surface area contributed by atoms with Gasteiger partial charge in [-0.25, -0.2) is 0 Å². The number of nitrogens with one attached hydrogen (secondary N) is 1. The third kappa shape index (κ3) is 2.29. The van der Waals surface area contributed by atoms with Crippen molar-refractivity contribution in [3.63, 3.8) is 0 Å². The van der Waals surface area contributed by atoms with Crippen LogP contribution in [0.1, 0.15) is 31.9 Å². The molecule has 92 valence electrons. The van der Waals surface area contributed by atoms with Gasteiger partial charge in [-0.3, -0.25) is 4.79 Å². The molecule has 0 bridgehead atoms. The third-order valence-electron chi connectivity index (χ3n) is 3.41. The van der Waals surface area contributed by atoms with E-state index in [1.165, 1.54) is 0 Å². The smallest absolute Gasteiger partial charge is 0.229 e. The van der Waals surface area contributed by atoms with E-state index in [-0.39, 0.29) is 11.9 Å². The van der Waals surface area contributed by atoms with E-state index >= 15 is 0 Å². The Morgan fingerprint density at radius 3 is 2.35 bits per heavy atom. The van der Waals surface area contributed by atoms with Crippen LogP contribution in [-0.2, 0) is 4.79 Å². The van der Waals surface area contributed by atoms with Crippen LogP contribution in [0.4, 0.5) is 0 Å². The summed E-state index contributed by atoms with van der Waals surface area (Å²) in [5, 5.41) is 2.95. The van der Waals surface area contributed by atoms with Gasteiger partial charge in [-0.2, -0.15) is 0 Å². The molecule has 1 saturated carbocycles. The van der Waals surface area contributed by atoms with E-state index in [1.54, 1.807) is 6.92 Å². The summed E-state index contributed by atoms with van der Waals surface area (Å²) >= 11 is 12.0. The van der Waals surface area contributed by atoms with E-state index in [9.17, 15) is 4.79 Å². The van der Waals surface area contributed by atoms with E-state index in [0.717, 1.165) is 5.56 Å². The molecule has 0 aromatic heterocycles. The summed E-state index contributed by atoms with van der Waals surface area (Å²) < 4.78 is -0.909. The zero-order valence-corrected chi connectivity index (χ0v) is 11.3. The minimum Gasteiger partial charge on any atom is -0.349 e. The van der Waals surface area contributed by atoms with Gasteiger partial charge in [0.25, 0.3) is 0 Å². The summed E-state index contributed by atoms with van der Waals surface area (Å²) in [5.74, 6) is -0.0844. The van der Waals surface area contributed by atoms with Gasteiger partial charge in [-0.1, -0.05) is 30.3 Å². The van der Waals surface area contributed by atoms with Crippen LogP contribution in [0.15, 0.2) is 30.3 Å². The predicted octanol–water partition coefficient (Wildman–Crippen LogP) is 3.45. The molecule has 0 aliphatic heterocycles. The van der Waals surface area contributed by atoms with Crippen LogP contribution in [0.3, 0.4) is 0 Å². The number of halogens is 2. The summed E-state index contributed by atoms with van der Waals surface area (Å²) in [6.45, 7) is 3.74. The quantitative estimate of drug-likeness (QED) is 0.839. The zero-order valence-electron chi connectivity index (χ0n) is 9.84. The first-order valence-electron chi connectivity index (χ1n) is 5.60. The normalized spacial score (nSPS) is 27.3. The maximum atomic E-state index is 12.0. The Hall–Kier alpha value is -0.730. The van der Waals surface area contributed by atoms with Crippen molar-refractivity contribution in [3.05, 3.63) is 35.9 Å². The number of hydrogen-bond donors (Lipinski definition) is 1. The Morgan fingerprint density at radius 2 is 1.88 bits per heavy atom. The maximum absolute atomic E-state index is 12.0. The van der Waals surface area contributed by atoms with Gasteiger partial charge in [-0.15, -0.1) is 23.2 Å². The van der Waals surface area contributed by atoms with E-state index in [4.69, 9.17) is 23.2 Å². The van der Waals surface area contributed by atoms with Gasteiger partial charge in [0.1, 0.15) is 4.33 Å². The molecule has 17 heavy (non-hydrogen) atoms. The lowest BCUT2D eigenvalue weighted by Crippen LogP contribution is -2.35. The summed E-state index contributed by atoms with van der Waals surface area (Å²) in [4.78, 5) is 12.0. The van der Waals surface area contributed by atoms with Crippen molar-refractivity contribution in [2.75, 3.05) is 0 Å². The monoisotopic (exact) mass is 271 g/mol. The average Bonchev–Trinajstić information content (AvgIpc) is 2.81. The average molecular weight is 272 g/mol. The van der Waals surface area contributed by atoms with Crippen molar-refractivity contribution in [2.24, 2.45) is 5.41 Å². The fourth-order valence-corrected chi connectivity index (χ4v) is 2.53. The number of benzene rings is 1. The highest BCUT2D eigenvalue weighted by Crippen LogP contribution is 2.63. The number of amides is 1. The zero-order chi connectivity index (χ0) is 12.7. The molecule has 1 N–H and O–H groups in total. The van der Waals surface area contributed by atoms with Crippen LogP contribution in [0.5, 0.6) is 0 Å². The first-order valence-corrected chi connectivity index (χ1v) is 6.36. The molecule has 2 nitrogen and oxygen atoms in total. The number of alkyl halides is 2. The summed E-state index contributed by atoms with van der Waals surface area (Å²) in [6, 6.07) is 9.77. The molecule has 1 aromatic rings. The van der Waals surface area contributed by atoms with Gasteiger partial charge in [0.05, 0.1) is 11.5 Å². The predicted molar refractivity (Wildman–Crippen MR) is 70.2 cm³/mol. The van der Waals surface area contributed by atoms with Gasteiger partial charge >= 0.3 is 0 Å². The van der Waals surface area contributed by atoms with Crippen LogP contribution in [0, 0.1) is 5.41 Å². The van der Waals surface area contributed by atoms with Crippen molar-refractivity contribution < 1.29 is 4.79 Å². The molecule has 1 aromatic carbocycles. The molecule has 1 fully saturated rings. The maximum Gasteiger partial charge on any atom is 0.229 e. The number of carbonyl (C=O) groups excluding carboxylic acids is 1. The minimum atomic E-state index is -0.909. The highest BCUT2D eigenvalue weighted by Gasteiger charge is 2.67. The fourth-order valence-electron chi connectivity index (χ4n) is 1.83. The standard InChI is InChI=1S/C13H15Cl2NO/c1-9(10-6-4-3-5-7-10)16-11(17)12(2)8-13(12,14)15/h3-7,9H,8H2,1-2H3,(H,16,17)/t9-,12-/m0/s1. The van der Waals surface area contributed by atoms with Crippen molar-refractivity contribution >= 4 is 29.1 Å². The van der Waals surface area contributed by atoms with Gasteiger partial charge in [0.15, 0.2) is 0 Å². The lowest BCUT2D eigenvalue weighted by Gasteiger charge is -2.18. The molecular formula is C13H15Cl2NO. The molecular weight excluding hydrogens is 257 g/mol. The number of rotatable bonds is 3. The summed E-state index contributed by atoms with van der Waals surface area (Å²) in [6.07, 6.45) is 0.510. The molecule has 0 heterocycles. The lowest BCUT2D eigenvalue weighted by molar-refractivity contribution is -0.126. The van der Waals surface area contributed by atoms with Gasteiger partial charge in [0, 0.05) is 0 Å². The molecule has 0 radical (unpaired) electrons. The van der Waals surface area contributed by atoms with E-state index < -0.39 is 9.75 Å². The SMILES string of the molecule is C[C@H](NC(=O)[C@]1(C)CC1(Cl)Cl)c1ccccc1. The molecule has 0 saturated heterocycles. The van der Waals surface area contributed by atoms with Gasteiger partial charge in [0.2, 0.25) is 5.91 Å². The molecule has 1 aliphatic rings. The topological polar surface area (TPSA) is 29.1 Å². The second-order valence-corrected chi connectivity index (χ2v) is 6.30. The van der Waals surface area contributed by atoms with Crippen LogP contribution in [0.25, 0.3) is 0 Å². The molecule has 4 heteroatoms. The van der Waals surface area contributed by atoms with E-state index in [1.807, 2.05) is 37.3 Å². The van der Waals surface area contributed by atoms with Crippen LogP contribution in [0.2, 0.25) is 0 Å². The Balaban J connectivity index is 2.01. The van der Waals surface area contributed by atoms with Crippen molar-refractivity contribution in [3.8, 4) is 0 Å². The minimum absolute atomic E-state index is 0.0368. The molecule has 1 aliphatic carbocycles. The largest absolute Gasteiger partial charge is 0.349 e. The van der Waals surface area contributed by atoms with Crippen LogP contribution in [-0.4, -0.2) is 10.2 Å². The number of hydrogen-bond acceptors (Lipinski definition) is 1. The second-order valence-electron chi connectivity index (χ2n) is 4.82. The van der Waals surface area contributed by atoms with Crippen molar-refractivity contribution in [1.82, 2.24) is 5.32 Å². The summed E-state index contributed by atoms with van der Waals surface area (Å²) in [5.41, 5.74) is 0.416.